The third-order valence-electron chi connectivity index (χ3n) is 2.73. The number of hydrogen-bond acceptors (Lipinski definition) is 3. The highest BCUT2D eigenvalue weighted by molar-refractivity contribution is 5.81. The Balaban J connectivity index is 2.23. The standard InChI is InChI=1S/C13H14F3N3/c1-19(8-13(14,15)16)7-10-6-9-4-2-3-5-11(9)18-12(10)17/h2-6H,7-8H2,1H3,(H2,17,18). The minimum Gasteiger partial charge on any atom is -0.383 e. The Morgan fingerprint density at radius 2 is 1.95 bits per heavy atom. The molecule has 0 aliphatic carbocycles. The van der Waals surface area contributed by atoms with E-state index in [1.807, 2.05) is 24.3 Å². The lowest BCUT2D eigenvalue weighted by Gasteiger charge is -2.19. The first kappa shape index (κ1) is 13.6. The number of nitrogen functional groups attached to an aromatic ring is 1. The zero-order chi connectivity index (χ0) is 14.0. The van der Waals surface area contributed by atoms with Crippen molar-refractivity contribution in [1.29, 1.82) is 0 Å². The van der Waals surface area contributed by atoms with Crippen LogP contribution in [0.5, 0.6) is 0 Å². The van der Waals surface area contributed by atoms with Crippen LogP contribution in [0.2, 0.25) is 0 Å². The summed E-state index contributed by atoms with van der Waals surface area (Å²) >= 11 is 0. The van der Waals surface area contributed by atoms with E-state index in [1.165, 1.54) is 11.9 Å². The molecule has 0 aliphatic heterocycles. The van der Waals surface area contributed by atoms with Gasteiger partial charge in [0.2, 0.25) is 0 Å². The quantitative estimate of drug-likeness (QED) is 0.931. The van der Waals surface area contributed by atoms with Gasteiger partial charge in [-0.3, -0.25) is 4.90 Å². The van der Waals surface area contributed by atoms with Gasteiger partial charge in [0.15, 0.2) is 0 Å². The van der Waals surface area contributed by atoms with Gasteiger partial charge in [-0.2, -0.15) is 13.2 Å². The monoisotopic (exact) mass is 269 g/mol. The number of anilines is 1. The van der Waals surface area contributed by atoms with Gasteiger partial charge in [-0.1, -0.05) is 18.2 Å². The number of halogens is 3. The molecule has 1 aromatic carbocycles. The maximum Gasteiger partial charge on any atom is 0.401 e. The van der Waals surface area contributed by atoms with E-state index in [0.29, 0.717) is 5.56 Å². The van der Waals surface area contributed by atoms with Crippen LogP contribution in [0.25, 0.3) is 10.9 Å². The maximum absolute atomic E-state index is 12.3. The molecule has 3 nitrogen and oxygen atoms in total. The van der Waals surface area contributed by atoms with Crippen LogP contribution >= 0.6 is 0 Å². The second-order valence-electron chi connectivity index (χ2n) is 4.51. The van der Waals surface area contributed by atoms with Crippen molar-refractivity contribution in [3.63, 3.8) is 0 Å². The average molecular weight is 269 g/mol. The Kier molecular flexibility index (Phi) is 3.61. The van der Waals surface area contributed by atoms with E-state index < -0.39 is 12.7 Å². The SMILES string of the molecule is CN(Cc1cc2ccccc2nc1N)CC(F)(F)F. The summed E-state index contributed by atoms with van der Waals surface area (Å²) in [5, 5.41) is 0.868. The number of benzene rings is 1. The molecule has 6 heteroatoms. The zero-order valence-electron chi connectivity index (χ0n) is 10.4. The number of nitrogens with two attached hydrogens (primary N) is 1. The van der Waals surface area contributed by atoms with E-state index in [0.717, 1.165) is 10.9 Å². The highest BCUT2D eigenvalue weighted by Crippen LogP contribution is 2.21. The van der Waals surface area contributed by atoms with Crippen molar-refractivity contribution in [2.24, 2.45) is 0 Å². The van der Waals surface area contributed by atoms with Crippen molar-refractivity contribution < 1.29 is 13.2 Å². The first-order chi connectivity index (χ1) is 8.85. The molecule has 0 saturated carbocycles. The third kappa shape index (κ3) is 3.57. The third-order valence-corrected chi connectivity index (χ3v) is 2.73. The predicted molar refractivity (Wildman–Crippen MR) is 68.5 cm³/mol. The van der Waals surface area contributed by atoms with E-state index >= 15 is 0 Å². The molecular weight excluding hydrogens is 255 g/mol. The van der Waals surface area contributed by atoms with Gasteiger partial charge >= 0.3 is 6.18 Å². The fraction of sp³-hybridized carbons (Fsp3) is 0.308. The number of nitrogens with zero attached hydrogens (tertiary/aromatic N) is 2. The van der Waals surface area contributed by atoms with Crippen molar-refractivity contribution in [3.8, 4) is 0 Å². The summed E-state index contributed by atoms with van der Waals surface area (Å²) in [4.78, 5) is 5.36. The topological polar surface area (TPSA) is 42.2 Å². The number of rotatable bonds is 3. The van der Waals surface area contributed by atoms with Crippen LogP contribution in [0, 0.1) is 0 Å². The van der Waals surface area contributed by atoms with Crippen LogP contribution in [-0.4, -0.2) is 29.7 Å². The first-order valence-corrected chi connectivity index (χ1v) is 5.74. The summed E-state index contributed by atoms with van der Waals surface area (Å²) in [6, 6.07) is 9.14. The van der Waals surface area contributed by atoms with Crippen LogP contribution in [0.15, 0.2) is 30.3 Å². The van der Waals surface area contributed by atoms with Gasteiger partial charge < -0.3 is 5.73 Å². The van der Waals surface area contributed by atoms with E-state index in [2.05, 4.69) is 4.98 Å². The number of pyridine rings is 1. The molecule has 0 amide bonds. The van der Waals surface area contributed by atoms with Crippen molar-refractivity contribution in [2.45, 2.75) is 12.7 Å². The lowest BCUT2D eigenvalue weighted by atomic mass is 10.1. The Hall–Kier alpha value is -1.82. The summed E-state index contributed by atoms with van der Waals surface area (Å²) in [7, 11) is 1.40. The molecular formula is C13H14F3N3. The van der Waals surface area contributed by atoms with E-state index in [1.54, 1.807) is 6.07 Å². The van der Waals surface area contributed by atoms with Crippen LogP contribution in [0.3, 0.4) is 0 Å². The maximum atomic E-state index is 12.3. The molecule has 19 heavy (non-hydrogen) atoms. The second kappa shape index (κ2) is 5.05. The lowest BCUT2D eigenvalue weighted by molar-refractivity contribution is -0.144. The minimum absolute atomic E-state index is 0.114. The van der Waals surface area contributed by atoms with E-state index in [9.17, 15) is 13.2 Å². The predicted octanol–water partition coefficient (Wildman–Crippen LogP) is 2.81. The summed E-state index contributed by atoms with van der Waals surface area (Å²) in [6.45, 7) is -0.859. The highest BCUT2D eigenvalue weighted by Gasteiger charge is 2.29. The van der Waals surface area contributed by atoms with Gasteiger partial charge in [0.05, 0.1) is 12.1 Å². The van der Waals surface area contributed by atoms with Gasteiger partial charge in [0, 0.05) is 17.5 Å². The summed E-state index contributed by atoms with van der Waals surface area (Å²) in [6.07, 6.45) is -4.21. The number of aromatic nitrogens is 1. The van der Waals surface area contributed by atoms with Crippen LogP contribution in [0.4, 0.5) is 19.0 Å². The molecule has 1 aromatic heterocycles. The molecule has 2 aromatic rings. The fourth-order valence-electron chi connectivity index (χ4n) is 1.95. The van der Waals surface area contributed by atoms with Crippen LogP contribution < -0.4 is 5.73 Å². The molecule has 0 aliphatic rings. The van der Waals surface area contributed by atoms with Crippen molar-refractivity contribution in [1.82, 2.24) is 9.88 Å². The Labute approximate surface area is 108 Å². The molecule has 1 heterocycles. The molecule has 0 bridgehead atoms. The fourth-order valence-corrected chi connectivity index (χ4v) is 1.95. The van der Waals surface area contributed by atoms with Crippen LogP contribution in [-0.2, 0) is 6.54 Å². The van der Waals surface area contributed by atoms with Gasteiger partial charge in [0.25, 0.3) is 0 Å². The largest absolute Gasteiger partial charge is 0.401 e. The number of fused-ring (bicyclic) bond motifs is 1. The van der Waals surface area contributed by atoms with Crippen molar-refractivity contribution >= 4 is 16.7 Å². The van der Waals surface area contributed by atoms with Gasteiger partial charge in [-0.05, 0) is 19.2 Å². The molecule has 0 radical (unpaired) electrons. The number of hydrogen-bond donors (Lipinski definition) is 1. The molecule has 0 spiro atoms. The van der Waals surface area contributed by atoms with Crippen molar-refractivity contribution in [2.75, 3.05) is 19.3 Å². The first-order valence-electron chi connectivity index (χ1n) is 5.74. The second-order valence-corrected chi connectivity index (χ2v) is 4.51. The summed E-state index contributed by atoms with van der Waals surface area (Å²) < 4.78 is 36.8. The summed E-state index contributed by atoms with van der Waals surface area (Å²) in [5.41, 5.74) is 7.12. The highest BCUT2D eigenvalue weighted by atomic mass is 19.4. The van der Waals surface area contributed by atoms with E-state index in [4.69, 9.17) is 5.73 Å². The zero-order valence-corrected chi connectivity index (χ0v) is 10.4. The molecule has 0 fully saturated rings. The number of para-hydroxylation sites is 1. The van der Waals surface area contributed by atoms with Gasteiger partial charge in [0.1, 0.15) is 5.82 Å². The molecule has 2 N–H and O–H groups in total. The molecule has 0 saturated heterocycles. The van der Waals surface area contributed by atoms with Crippen molar-refractivity contribution in [3.05, 3.63) is 35.9 Å². The number of alkyl halides is 3. The van der Waals surface area contributed by atoms with Gasteiger partial charge in [-0.15, -0.1) is 0 Å². The Morgan fingerprint density at radius 3 is 2.63 bits per heavy atom. The average Bonchev–Trinajstić information content (AvgIpc) is 2.27. The van der Waals surface area contributed by atoms with Crippen LogP contribution in [0.1, 0.15) is 5.56 Å². The Bertz CT molecular complexity index is 581. The van der Waals surface area contributed by atoms with E-state index in [-0.39, 0.29) is 12.4 Å². The molecule has 102 valence electrons. The lowest BCUT2D eigenvalue weighted by Crippen LogP contribution is -2.30. The molecule has 0 unspecified atom stereocenters. The Morgan fingerprint density at radius 1 is 1.26 bits per heavy atom. The molecule has 2 rings (SSSR count). The normalized spacial score (nSPS) is 12.3. The smallest absolute Gasteiger partial charge is 0.383 e. The molecule has 0 atom stereocenters. The summed E-state index contributed by atoms with van der Waals surface area (Å²) in [5.74, 6) is 0.271. The minimum atomic E-state index is -4.21. The van der Waals surface area contributed by atoms with Gasteiger partial charge in [-0.25, -0.2) is 4.98 Å².